The van der Waals surface area contributed by atoms with E-state index in [9.17, 15) is 14.9 Å². The molecule has 0 radical (unpaired) electrons. The number of anilines is 1. The maximum absolute atomic E-state index is 13.4. The van der Waals surface area contributed by atoms with Crippen LogP contribution in [0.2, 0.25) is 5.02 Å². The van der Waals surface area contributed by atoms with Gasteiger partial charge in [0.25, 0.3) is 11.6 Å². The Morgan fingerprint density at radius 1 is 1.09 bits per heavy atom. The number of rotatable bonds is 7. The molecule has 0 atom stereocenters. The molecule has 34 heavy (non-hydrogen) atoms. The van der Waals surface area contributed by atoms with Gasteiger partial charge < -0.3 is 14.8 Å². The van der Waals surface area contributed by atoms with Gasteiger partial charge in [0.05, 0.1) is 41.1 Å². The number of nitrogens with one attached hydrogen (secondary N) is 1. The van der Waals surface area contributed by atoms with Crippen LogP contribution in [0, 0.1) is 10.1 Å². The van der Waals surface area contributed by atoms with Crippen molar-refractivity contribution in [2.75, 3.05) is 19.0 Å². The molecule has 0 saturated heterocycles. The van der Waals surface area contributed by atoms with Crippen LogP contribution in [-0.2, 0) is 0 Å². The van der Waals surface area contributed by atoms with Crippen LogP contribution in [0.3, 0.4) is 0 Å². The molecule has 172 valence electrons. The summed E-state index contributed by atoms with van der Waals surface area (Å²) in [6.07, 6.45) is 0. The van der Waals surface area contributed by atoms with E-state index in [1.165, 1.54) is 25.3 Å². The fraction of sp³-hybridized carbons (Fsp3) is 0.120. The third kappa shape index (κ3) is 4.62. The number of para-hydroxylation sites is 1. The highest BCUT2D eigenvalue weighted by Gasteiger charge is 2.19. The Balaban J connectivity index is 1.85. The topological polar surface area (TPSA) is 104 Å². The summed E-state index contributed by atoms with van der Waals surface area (Å²) in [6.45, 7) is 2.36. The molecule has 4 rings (SSSR count). The number of nitrogens with zero attached hydrogens (tertiary/aromatic N) is 2. The average molecular weight is 478 g/mol. The van der Waals surface area contributed by atoms with Crippen LogP contribution in [0.5, 0.6) is 11.5 Å². The lowest BCUT2D eigenvalue weighted by molar-refractivity contribution is -0.384. The lowest BCUT2D eigenvalue weighted by Gasteiger charge is -2.14. The zero-order valence-corrected chi connectivity index (χ0v) is 19.1. The molecule has 0 aliphatic heterocycles. The number of fused-ring (bicyclic) bond motifs is 1. The minimum atomic E-state index is -0.542. The van der Waals surface area contributed by atoms with E-state index in [-0.39, 0.29) is 17.1 Å². The first-order valence-corrected chi connectivity index (χ1v) is 10.8. The average Bonchev–Trinajstić information content (AvgIpc) is 2.83. The Morgan fingerprint density at radius 3 is 2.62 bits per heavy atom. The van der Waals surface area contributed by atoms with Gasteiger partial charge >= 0.3 is 0 Å². The molecule has 3 aromatic carbocycles. The van der Waals surface area contributed by atoms with E-state index in [1.807, 2.05) is 31.2 Å². The van der Waals surface area contributed by atoms with Gasteiger partial charge in [0, 0.05) is 28.1 Å². The number of carbonyl (C=O) groups is 1. The standard InChI is InChI=1S/C25H20ClN3O5/c1-3-34-23-7-5-4-6-17(23)21-14-19(18-12-15(26)8-10-20(18)27-21)25(30)28-22-13-16(29(31)32)9-11-24(22)33-2/h4-14H,3H2,1-2H3,(H,28,30). The number of ether oxygens (including phenoxy) is 2. The summed E-state index contributed by atoms with van der Waals surface area (Å²) in [5, 5.41) is 14.9. The number of hydrogen-bond donors (Lipinski definition) is 1. The Kier molecular flexibility index (Phi) is 6.60. The number of pyridine rings is 1. The second kappa shape index (κ2) is 9.76. The largest absolute Gasteiger partial charge is 0.495 e. The summed E-state index contributed by atoms with van der Waals surface area (Å²) in [5.41, 5.74) is 2.11. The van der Waals surface area contributed by atoms with Gasteiger partial charge in [-0.3, -0.25) is 14.9 Å². The monoisotopic (exact) mass is 477 g/mol. The second-order valence-corrected chi connectivity index (χ2v) is 7.68. The molecule has 1 amide bonds. The zero-order valence-electron chi connectivity index (χ0n) is 18.4. The SMILES string of the molecule is CCOc1ccccc1-c1cc(C(=O)Nc2cc([N+](=O)[O-])ccc2OC)c2cc(Cl)ccc2n1. The molecule has 1 aromatic heterocycles. The lowest BCUT2D eigenvalue weighted by Crippen LogP contribution is -2.14. The summed E-state index contributed by atoms with van der Waals surface area (Å²) in [5.74, 6) is 0.429. The number of benzene rings is 3. The van der Waals surface area contributed by atoms with Gasteiger partial charge in [-0.2, -0.15) is 0 Å². The Labute approximate surface area is 200 Å². The highest BCUT2D eigenvalue weighted by molar-refractivity contribution is 6.31. The minimum Gasteiger partial charge on any atom is -0.495 e. The van der Waals surface area contributed by atoms with Crippen LogP contribution in [0.15, 0.2) is 66.7 Å². The quantitative estimate of drug-likeness (QED) is 0.254. The van der Waals surface area contributed by atoms with Gasteiger partial charge in [-0.1, -0.05) is 23.7 Å². The van der Waals surface area contributed by atoms with E-state index in [2.05, 4.69) is 5.32 Å². The normalized spacial score (nSPS) is 10.7. The van der Waals surface area contributed by atoms with E-state index < -0.39 is 10.8 Å². The molecule has 4 aromatic rings. The van der Waals surface area contributed by atoms with E-state index in [4.69, 9.17) is 26.1 Å². The fourth-order valence-electron chi connectivity index (χ4n) is 3.58. The Hall–Kier alpha value is -4.17. The van der Waals surface area contributed by atoms with Crippen LogP contribution in [0.25, 0.3) is 22.2 Å². The van der Waals surface area contributed by atoms with Gasteiger partial charge in [-0.25, -0.2) is 4.98 Å². The summed E-state index contributed by atoms with van der Waals surface area (Å²) in [6, 6.07) is 18.1. The third-order valence-electron chi connectivity index (χ3n) is 5.12. The summed E-state index contributed by atoms with van der Waals surface area (Å²) in [7, 11) is 1.42. The first-order valence-electron chi connectivity index (χ1n) is 10.4. The summed E-state index contributed by atoms with van der Waals surface area (Å²) >= 11 is 6.21. The number of nitro groups is 1. The van der Waals surface area contributed by atoms with Crippen molar-refractivity contribution in [3.63, 3.8) is 0 Å². The maximum atomic E-state index is 13.4. The minimum absolute atomic E-state index is 0.171. The van der Waals surface area contributed by atoms with Gasteiger partial charge in [0.15, 0.2) is 0 Å². The molecule has 1 heterocycles. The molecule has 0 saturated carbocycles. The fourth-order valence-corrected chi connectivity index (χ4v) is 3.75. The summed E-state index contributed by atoms with van der Waals surface area (Å²) in [4.78, 5) is 28.8. The number of nitro benzene ring substituents is 1. The van der Waals surface area contributed by atoms with Gasteiger partial charge in [-0.15, -0.1) is 0 Å². The molecule has 0 fully saturated rings. The van der Waals surface area contributed by atoms with Crippen molar-refractivity contribution in [2.24, 2.45) is 0 Å². The van der Waals surface area contributed by atoms with Crippen LogP contribution in [0.4, 0.5) is 11.4 Å². The van der Waals surface area contributed by atoms with Crippen molar-refractivity contribution >= 4 is 39.8 Å². The second-order valence-electron chi connectivity index (χ2n) is 7.24. The van der Waals surface area contributed by atoms with Crippen molar-refractivity contribution in [3.05, 3.63) is 87.4 Å². The molecular weight excluding hydrogens is 458 g/mol. The molecule has 1 N–H and O–H groups in total. The number of amides is 1. The van der Waals surface area contributed by atoms with Gasteiger partial charge in [0.2, 0.25) is 0 Å². The van der Waals surface area contributed by atoms with Gasteiger partial charge in [0.1, 0.15) is 11.5 Å². The lowest BCUT2D eigenvalue weighted by atomic mass is 10.0. The van der Waals surface area contributed by atoms with Crippen molar-refractivity contribution in [2.45, 2.75) is 6.92 Å². The van der Waals surface area contributed by atoms with Crippen molar-refractivity contribution in [1.82, 2.24) is 4.98 Å². The van der Waals surface area contributed by atoms with Crippen molar-refractivity contribution in [3.8, 4) is 22.8 Å². The first kappa shape index (κ1) is 23.0. The van der Waals surface area contributed by atoms with Crippen LogP contribution in [0.1, 0.15) is 17.3 Å². The smallest absolute Gasteiger partial charge is 0.271 e. The van der Waals surface area contributed by atoms with Crippen molar-refractivity contribution in [1.29, 1.82) is 0 Å². The predicted molar refractivity (Wildman–Crippen MR) is 131 cm³/mol. The molecule has 9 heteroatoms. The van der Waals surface area contributed by atoms with Gasteiger partial charge in [-0.05, 0) is 49.4 Å². The van der Waals surface area contributed by atoms with E-state index in [1.54, 1.807) is 24.3 Å². The Bertz CT molecular complexity index is 1410. The summed E-state index contributed by atoms with van der Waals surface area (Å²) < 4.78 is 11.0. The van der Waals surface area contributed by atoms with Crippen molar-refractivity contribution < 1.29 is 19.2 Å². The molecule has 0 bridgehead atoms. The molecule has 0 unspecified atom stereocenters. The molecule has 8 nitrogen and oxygen atoms in total. The number of aromatic nitrogens is 1. The van der Waals surface area contributed by atoms with Crippen LogP contribution in [-0.4, -0.2) is 29.5 Å². The van der Waals surface area contributed by atoms with Crippen LogP contribution >= 0.6 is 11.6 Å². The highest BCUT2D eigenvalue weighted by atomic mass is 35.5. The number of methoxy groups -OCH3 is 1. The van der Waals surface area contributed by atoms with Crippen LogP contribution < -0.4 is 14.8 Å². The molecule has 0 aliphatic carbocycles. The number of carbonyl (C=O) groups excluding carboxylic acids is 1. The van der Waals surface area contributed by atoms with E-state index >= 15 is 0 Å². The molecule has 0 aliphatic rings. The Morgan fingerprint density at radius 2 is 1.88 bits per heavy atom. The number of non-ortho nitro benzene ring substituents is 1. The van der Waals surface area contributed by atoms with E-state index in [0.717, 1.165) is 5.56 Å². The first-order chi connectivity index (χ1) is 16.4. The molecule has 0 spiro atoms. The third-order valence-corrected chi connectivity index (χ3v) is 5.36. The molecular formula is C25H20ClN3O5. The zero-order chi connectivity index (χ0) is 24.2. The number of halogens is 1. The highest BCUT2D eigenvalue weighted by Crippen LogP contribution is 2.34. The van der Waals surface area contributed by atoms with E-state index in [0.29, 0.717) is 39.5 Å². The predicted octanol–water partition coefficient (Wildman–Crippen LogP) is 6.12. The maximum Gasteiger partial charge on any atom is 0.271 e. The number of hydrogen-bond acceptors (Lipinski definition) is 6.